The average Bonchev–Trinajstić information content (AvgIpc) is 3.07. The number of furan rings is 1. The second kappa shape index (κ2) is 5.37. The van der Waals surface area contributed by atoms with Gasteiger partial charge in [0.25, 0.3) is 0 Å². The molecule has 0 aliphatic heterocycles. The molecule has 1 aliphatic carbocycles. The third kappa shape index (κ3) is 2.75. The van der Waals surface area contributed by atoms with Gasteiger partial charge >= 0.3 is 0 Å². The Kier molecular flexibility index (Phi) is 3.57. The van der Waals surface area contributed by atoms with Crippen LogP contribution in [0, 0.1) is 13.8 Å². The largest absolute Gasteiger partial charge is 0.472 e. The monoisotopic (exact) mass is 271 g/mol. The van der Waals surface area contributed by atoms with Gasteiger partial charge in [-0.15, -0.1) is 0 Å². The van der Waals surface area contributed by atoms with Crippen LogP contribution in [0.4, 0.5) is 0 Å². The molecule has 1 unspecified atom stereocenters. The minimum Gasteiger partial charge on any atom is -0.472 e. The Morgan fingerprint density at radius 3 is 2.55 bits per heavy atom. The Hall–Kier alpha value is -1.68. The highest BCUT2D eigenvalue weighted by atomic mass is 16.3. The molecule has 0 radical (unpaired) electrons. The maximum absolute atomic E-state index is 5.11. The molecule has 1 atom stereocenters. The Morgan fingerprint density at radius 1 is 1.30 bits per heavy atom. The summed E-state index contributed by atoms with van der Waals surface area (Å²) >= 11 is 0. The SMILES string of the molecule is Cc1nc(-c2ccoc2)nc(C)c1C(C)CNC1CC1. The zero-order chi connectivity index (χ0) is 14.1. The highest BCUT2D eigenvalue weighted by Gasteiger charge is 2.22. The number of nitrogens with zero attached hydrogens (tertiary/aromatic N) is 2. The van der Waals surface area contributed by atoms with Crippen LogP contribution >= 0.6 is 0 Å². The molecule has 0 saturated heterocycles. The zero-order valence-electron chi connectivity index (χ0n) is 12.3. The molecule has 0 bridgehead atoms. The number of nitrogens with one attached hydrogen (secondary N) is 1. The van der Waals surface area contributed by atoms with Crippen molar-refractivity contribution in [2.24, 2.45) is 0 Å². The van der Waals surface area contributed by atoms with E-state index in [1.54, 1.807) is 12.5 Å². The lowest BCUT2D eigenvalue weighted by atomic mass is 9.97. The van der Waals surface area contributed by atoms with Gasteiger partial charge in [-0.2, -0.15) is 0 Å². The van der Waals surface area contributed by atoms with Crippen LogP contribution in [0.5, 0.6) is 0 Å². The zero-order valence-corrected chi connectivity index (χ0v) is 12.3. The van der Waals surface area contributed by atoms with Crippen molar-refractivity contribution in [1.29, 1.82) is 0 Å². The molecule has 1 fully saturated rings. The van der Waals surface area contributed by atoms with E-state index in [2.05, 4.69) is 36.1 Å². The summed E-state index contributed by atoms with van der Waals surface area (Å²) in [6.07, 6.45) is 5.98. The first-order chi connectivity index (χ1) is 9.65. The first kappa shape index (κ1) is 13.3. The first-order valence-corrected chi connectivity index (χ1v) is 7.26. The third-order valence-electron chi connectivity index (χ3n) is 3.89. The van der Waals surface area contributed by atoms with Crippen LogP contribution in [-0.4, -0.2) is 22.6 Å². The maximum atomic E-state index is 5.11. The van der Waals surface area contributed by atoms with E-state index >= 15 is 0 Å². The van der Waals surface area contributed by atoms with Crippen molar-refractivity contribution in [1.82, 2.24) is 15.3 Å². The number of hydrogen-bond donors (Lipinski definition) is 1. The lowest BCUT2D eigenvalue weighted by Gasteiger charge is -2.17. The summed E-state index contributed by atoms with van der Waals surface area (Å²) in [4.78, 5) is 9.28. The molecule has 0 amide bonds. The Bertz CT molecular complexity index is 565. The van der Waals surface area contributed by atoms with E-state index in [1.165, 1.54) is 18.4 Å². The average molecular weight is 271 g/mol. The molecule has 0 spiro atoms. The summed E-state index contributed by atoms with van der Waals surface area (Å²) in [5, 5.41) is 3.58. The summed E-state index contributed by atoms with van der Waals surface area (Å²) in [6, 6.07) is 2.63. The van der Waals surface area contributed by atoms with Gasteiger partial charge in [0, 0.05) is 24.0 Å². The molecule has 106 valence electrons. The van der Waals surface area contributed by atoms with E-state index in [-0.39, 0.29) is 0 Å². The van der Waals surface area contributed by atoms with Gasteiger partial charge in [-0.25, -0.2) is 9.97 Å². The smallest absolute Gasteiger partial charge is 0.162 e. The van der Waals surface area contributed by atoms with Crippen molar-refractivity contribution < 1.29 is 4.42 Å². The number of rotatable bonds is 5. The summed E-state index contributed by atoms with van der Waals surface area (Å²) < 4.78 is 5.11. The first-order valence-electron chi connectivity index (χ1n) is 7.26. The Balaban J connectivity index is 1.83. The molecule has 20 heavy (non-hydrogen) atoms. The second-order valence-electron chi connectivity index (χ2n) is 5.73. The normalized spacial score (nSPS) is 16.4. The quantitative estimate of drug-likeness (QED) is 0.907. The van der Waals surface area contributed by atoms with Crippen LogP contribution in [0.25, 0.3) is 11.4 Å². The lowest BCUT2D eigenvalue weighted by Crippen LogP contribution is -2.23. The molecule has 1 N–H and O–H groups in total. The van der Waals surface area contributed by atoms with Crippen molar-refractivity contribution in [3.05, 3.63) is 35.5 Å². The minimum atomic E-state index is 0.439. The second-order valence-corrected chi connectivity index (χ2v) is 5.73. The van der Waals surface area contributed by atoms with Crippen LogP contribution < -0.4 is 5.32 Å². The van der Waals surface area contributed by atoms with Crippen LogP contribution in [0.2, 0.25) is 0 Å². The number of hydrogen-bond acceptors (Lipinski definition) is 4. The summed E-state index contributed by atoms with van der Waals surface area (Å²) in [6.45, 7) is 7.38. The van der Waals surface area contributed by atoms with Crippen molar-refractivity contribution >= 4 is 0 Å². The van der Waals surface area contributed by atoms with E-state index in [1.807, 2.05) is 6.07 Å². The molecule has 4 nitrogen and oxygen atoms in total. The molecule has 1 aliphatic rings. The maximum Gasteiger partial charge on any atom is 0.162 e. The molecule has 2 aromatic rings. The van der Waals surface area contributed by atoms with Crippen LogP contribution in [0.3, 0.4) is 0 Å². The van der Waals surface area contributed by atoms with E-state index in [0.717, 1.165) is 35.4 Å². The topological polar surface area (TPSA) is 51.0 Å². The Labute approximate surface area is 119 Å². The predicted molar refractivity (Wildman–Crippen MR) is 78.6 cm³/mol. The van der Waals surface area contributed by atoms with Crippen LogP contribution in [-0.2, 0) is 0 Å². The molecular weight excluding hydrogens is 250 g/mol. The van der Waals surface area contributed by atoms with Gasteiger partial charge in [0.15, 0.2) is 5.82 Å². The van der Waals surface area contributed by atoms with E-state index in [0.29, 0.717) is 5.92 Å². The number of aryl methyl sites for hydroxylation is 2. The summed E-state index contributed by atoms with van der Waals surface area (Å²) in [7, 11) is 0. The van der Waals surface area contributed by atoms with Crippen molar-refractivity contribution in [2.45, 2.75) is 45.6 Å². The highest BCUT2D eigenvalue weighted by molar-refractivity contribution is 5.53. The van der Waals surface area contributed by atoms with Gasteiger partial charge in [0.05, 0.1) is 11.8 Å². The van der Waals surface area contributed by atoms with Crippen molar-refractivity contribution in [2.75, 3.05) is 6.54 Å². The van der Waals surface area contributed by atoms with Gasteiger partial charge in [-0.1, -0.05) is 6.92 Å². The molecule has 3 rings (SSSR count). The number of aromatic nitrogens is 2. The molecular formula is C16H21N3O. The molecule has 0 aromatic carbocycles. The fourth-order valence-electron chi connectivity index (χ4n) is 2.69. The fraction of sp³-hybridized carbons (Fsp3) is 0.500. The molecule has 2 aromatic heterocycles. The minimum absolute atomic E-state index is 0.439. The lowest BCUT2D eigenvalue weighted by molar-refractivity contribution is 0.568. The van der Waals surface area contributed by atoms with Crippen LogP contribution in [0.15, 0.2) is 23.0 Å². The highest BCUT2D eigenvalue weighted by Crippen LogP contribution is 2.26. The molecule has 2 heterocycles. The van der Waals surface area contributed by atoms with Crippen molar-refractivity contribution in [3.8, 4) is 11.4 Å². The van der Waals surface area contributed by atoms with E-state index in [4.69, 9.17) is 4.42 Å². The molecule has 1 saturated carbocycles. The van der Waals surface area contributed by atoms with Crippen LogP contribution in [0.1, 0.15) is 42.6 Å². The summed E-state index contributed by atoms with van der Waals surface area (Å²) in [5.74, 6) is 1.19. The fourth-order valence-corrected chi connectivity index (χ4v) is 2.69. The Morgan fingerprint density at radius 2 is 2.00 bits per heavy atom. The van der Waals surface area contributed by atoms with E-state index in [9.17, 15) is 0 Å². The van der Waals surface area contributed by atoms with Crippen molar-refractivity contribution in [3.63, 3.8) is 0 Å². The third-order valence-corrected chi connectivity index (χ3v) is 3.89. The van der Waals surface area contributed by atoms with Gasteiger partial charge in [0.1, 0.15) is 6.26 Å². The predicted octanol–water partition coefficient (Wildman–Crippen LogP) is 3.21. The standard InChI is InChI=1S/C16H21N3O/c1-10(8-17-14-4-5-14)15-11(2)18-16(19-12(15)3)13-6-7-20-9-13/h6-7,9-10,14,17H,4-5,8H2,1-3H3. The summed E-state index contributed by atoms with van der Waals surface area (Å²) in [5.41, 5.74) is 4.34. The van der Waals surface area contributed by atoms with Gasteiger partial charge in [-0.05, 0) is 44.2 Å². The van der Waals surface area contributed by atoms with E-state index < -0.39 is 0 Å². The van der Waals surface area contributed by atoms with Gasteiger partial charge in [-0.3, -0.25) is 0 Å². The van der Waals surface area contributed by atoms with Gasteiger partial charge in [0.2, 0.25) is 0 Å². The van der Waals surface area contributed by atoms with Gasteiger partial charge < -0.3 is 9.73 Å². The molecule has 4 heteroatoms.